The molecular formula is C4H10N3O3Si4. The lowest BCUT2D eigenvalue weighted by Gasteiger charge is -1.99. The van der Waals surface area contributed by atoms with Crippen LogP contribution in [0.1, 0.15) is 6.42 Å². The smallest absolute Gasteiger partial charge is 0.411 e. The molecule has 0 amide bonds. The molecule has 0 aromatic heterocycles. The minimum atomic E-state index is -0.0258. The Labute approximate surface area is 94.4 Å². The highest BCUT2D eigenvalue weighted by atomic mass is 28.4. The summed E-state index contributed by atoms with van der Waals surface area (Å²) in [6, 6.07) is 0.935. The molecule has 0 rings (SSSR count). The fourth-order valence-electron chi connectivity index (χ4n) is 0.499. The van der Waals surface area contributed by atoms with E-state index < -0.39 is 0 Å². The van der Waals surface area contributed by atoms with E-state index in [1.165, 1.54) is 0 Å². The second-order valence-corrected chi connectivity index (χ2v) is 5.60. The van der Waals surface area contributed by atoms with Gasteiger partial charge in [0.2, 0.25) is 20.2 Å². The summed E-state index contributed by atoms with van der Waals surface area (Å²) in [6.07, 6.45) is 0.914. The monoisotopic (exact) mass is 260 g/mol. The Balaban J connectivity index is 2.96. The minimum Gasteiger partial charge on any atom is -0.435 e. The van der Waals surface area contributed by atoms with Crippen LogP contribution in [0.25, 0.3) is 0 Å². The van der Waals surface area contributed by atoms with Gasteiger partial charge in [-0.3, -0.25) is 4.99 Å². The SMILES string of the molecule is NC(N)=NCCC[Si]O[Si]O[Si]O[Si]. The molecule has 0 fully saturated rings. The molecule has 4 N–H and O–H groups in total. The molecule has 0 heterocycles. The van der Waals surface area contributed by atoms with E-state index in [1.54, 1.807) is 0 Å². The molecule has 0 aliphatic heterocycles. The van der Waals surface area contributed by atoms with Gasteiger partial charge in [-0.05, 0) is 12.5 Å². The predicted octanol–water partition coefficient (Wildman–Crippen LogP) is -2.11. The zero-order chi connectivity index (χ0) is 10.6. The highest BCUT2D eigenvalue weighted by Crippen LogP contribution is 1.89. The molecule has 0 aromatic carbocycles. The third-order valence-corrected chi connectivity index (χ3v) is 3.44. The average molecular weight is 260 g/mol. The summed E-state index contributed by atoms with van der Waals surface area (Å²) in [4.78, 5) is 3.84. The van der Waals surface area contributed by atoms with Crippen molar-refractivity contribution in [2.45, 2.75) is 12.5 Å². The molecule has 0 spiro atoms. The van der Waals surface area contributed by atoms with Crippen LogP contribution in [-0.4, -0.2) is 52.8 Å². The lowest BCUT2D eigenvalue weighted by molar-refractivity contribution is 0.437. The Bertz CT molecular complexity index is 157. The normalized spacial score (nSPS) is 10.1. The van der Waals surface area contributed by atoms with Crippen molar-refractivity contribution in [1.82, 2.24) is 0 Å². The zero-order valence-electron chi connectivity index (χ0n) is 7.45. The van der Waals surface area contributed by atoms with E-state index in [9.17, 15) is 0 Å². The number of hydrogen-bond donors (Lipinski definition) is 2. The van der Waals surface area contributed by atoms with Crippen molar-refractivity contribution in [1.29, 1.82) is 0 Å². The van der Waals surface area contributed by atoms with Gasteiger partial charge in [-0.25, -0.2) is 0 Å². The summed E-state index contributed by atoms with van der Waals surface area (Å²) in [5, 5.41) is 0. The first kappa shape index (κ1) is 14.0. The molecular weight excluding hydrogens is 250 g/mol. The van der Waals surface area contributed by atoms with E-state index in [0.29, 0.717) is 16.3 Å². The highest BCUT2D eigenvalue weighted by Gasteiger charge is 1.96. The molecule has 0 unspecified atom stereocenters. The van der Waals surface area contributed by atoms with Gasteiger partial charge in [0.25, 0.3) is 0 Å². The summed E-state index contributed by atoms with van der Waals surface area (Å²) in [7, 11) is 3.23. The van der Waals surface area contributed by atoms with Gasteiger partial charge in [0.15, 0.2) is 5.96 Å². The second kappa shape index (κ2) is 11.1. The van der Waals surface area contributed by atoms with Crippen molar-refractivity contribution in [2.24, 2.45) is 16.5 Å². The molecule has 6 nitrogen and oxygen atoms in total. The summed E-state index contributed by atoms with van der Waals surface area (Å²) in [5.41, 5.74) is 10.3. The van der Waals surface area contributed by atoms with Crippen molar-refractivity contribution in [3.63, 3.8) is 0 Å². The van der Waals surface area contributed by atoms with E-state index in [0.717, 1.165) is 12.5 Å². The van der Waals surface area contributed by atoms with E-state index in [-0.39, 0.29) is 26.0 Å². The van der Waals surface area contributed by atoms with Gasteiger partial charge in [-0.2, -0.15) is 0 Å². The maximum Gasteiger partial charge on any atom is 0.411 e. The lowest BCUT2D eigenvalue weighted by atomic mass is 10.5. The molecule has 0 atom stereocenters. The van der Waals surface area contributed by atoms with Crippen molar-refractivity contribution < 1.29 is 12.3 Å². The van der Waals surface area contributed by atoms with Crippen LogP contribution in [0.15, 0.2) is 4.99 Å². The van der Waals surface area contributed by atoms with Gasteiger partial charge in [-0.15, -0.1) is 0 Å². The van der Waals surface area contributed by atoms with E-state index in [1.807, 2.05) is 0 Å². The van der Waals surface area contributed by atoms with Crippen molar-refractivity contribution in [2.75, 3.05) is 6.54 Å². The van der Waals surface area contributed by atoms with Gasteiger partial charge in [0, 0.05) is 6.54 Å². The predicted molar refractivity (Wildman–Crippen MR) is 56.4 cm³/mol. The Morgan fingerprint density at radius 1 is 1.29 bits per heavy atom. The largest absolute Gasteiger partial charge is 0.435 e. The topological polar surface area (TPSA) is 92.1 Å². The Morgan fingerprint density at radius 3 is 2.71 bits per heavy atom. The molecule has 0 saturated carbocycles. The molecule has 0 bridgehead atoms. The molecule has 75 valence electrons. The lowest BCUT2D eigenvalue weighted by Crippen LogP contribution is -2.23. The van der Waals surface area contributed by atoms with Crippen LogP contribution in [0.3, 0.4) is 0 Å². The van der Waals surface area contributed by atoms with Crippen LogP contribution in [0.2, 0.25) is 6.04 Å². The van der Waals surface area contributed by atoms with Gasteiger partial charge >= 0.3 is 20.0 Å². The zero-order valence-corrected chi connectivity index (χ0v) is 11.4. The average Bonchev–Trinajstić information content (AvgIpc) is 2.15. The fourth-order valence-corrected chi connectivity index (χ4v) is 2.66. The van der Waals surface area contributed by atoms with Crippen LogP contribution < -0.4 is 11.5 Å². The molecule has 0 aromatic rings. The first-order chi connectivity index (χ1) is 6.77. The second-order valence-electron chi connectivity index (χ2n) is 2.03. The van der Waals surface area contributed by atoms with Crippen LogP contribution in [0, 0.1) is 0 Å². The molecule has 14 heavy (non-hydrogen) atoms. The highest BCUT2D eigenvalue weighted by molar-refractivity contribution is 6.44. The van der Waals surface area contributed by atoms with Crippen molar-refractivity contribution in [3.05, 3.63) is 0 Å². The summed E-state index contributed by atoms with van der Waals surface area (Å²) in [5.74, 6) is 0.134. The van der Waals surface area contributed by atoms with Gasteiger partial charge in [0.1, 0.15) is 0 Å². The van der Waals surface area contributed by atoms with Crippen LogP contribution in [-0.2, 0) is 12.3 Å². The van der Waals surface area contributed by atoms with Gasteiger partial charge in [-0.1, -0.05) is 0 Å². The molecule has 0 saturated heterocycles. The standard InChI is InChI=1S/C4H10N3O3Si4/c5-4(6)7-2-1-3-12-9-14-10-13-8-11/h1-3H2,(H4,5,6,7). The number of hydrogen-bond acceptors (Lipinski definition) is 4. The molecule has 0 aliphatic rings. The van der Waals surface area contributed by atoms with Crippen LogP contribution in [0.4, 0.5) is 0 Å². The minimum absolute atomic E-state index is 0.0258. The third kappa shape index (κ3) is 12.0. The number of rotatable bonds is 9. The van der Waals surface area contributed by atoms with Gasteiger partial charge in [0.05, 0.1) is 0 Å². The number of nitrogens with zero attached hydrogens (tertiary/aromatic N) is 1. The Hall–Kier alpha value is 0.0175. The Kier molecular flexibility index (Phi) is 11.1. The Morgan fingerprint density at radius 2 is 2.07 bits per heavy atom. The fraction of sp³-hybridized carbons (Fsp3) is 0.750. The molecule has 10 heteroatoms. The third-order valence-electron chi connectivity index (χ3n) is 0.970. The maximum absolute atomic E-state index is 5.17. The quantitative estimate of drug-likeness (QED) is 0.214. The molecule has 0 aliphatic carbocycles. The number of guanidine groups is 1. The van der Waals surface area contributed by atoms with Crippen LogP contribution in [0.5, 0.6) is 0 Å². The number of aliphatic imine (C=N–C) groups is 1. The van der Waals surface area contributed by atoms with E-state index in [2.05, 4.69) is 19.6 Å². The van der Waals surface area contributed by atoms with Gasteiger partial charge < -0.3 is 23.8 Å². The van der Waals surface area contributed by atoms with Crippen molar-refractivity contribution >= 4 is 46.2 Å². The van der Waals surface area contributed by atoms with Crippen molar-refractivity contribution in [3.8, 4) is 0 Å². The first-order valence-electron chi connectivity index (χ1n) is 3.70. The van der Waals surface area contributed by atoms with E-state index >= 15 is 0 Å². The summed E-state index contributed by atoms with van der Waals surface area (Å²) >= 11 is 0. The van der Waals surface area contributed by atoms with Crippen LogP contribution >= 0.6 is 0 Å². The summed E-state index contributed by atoms with van der Waals surface area (Å²) in [6.45, 7) is 0.647. The summed E-state index contributed by atoms with van der Waals surface area (Å²) < 4.78 is 14.6. The maximum atomic E-state index is 5.17. The number of nitrogens with two attached hydrogens (primary N) is 2. The first-order valence-corrected chi connectivity index (χ1v) is 6.85. The molecule has 9 radical (unpaired) electrons. The van der Waals surface area contributed by atoms with E-state index in [4.69, 9.17) is 19.7 Å².